The minimum atomic E-state index is -2.15. The molecule has 238 valence electrons. The Morgan fingerprint density at radius 1 is 0.955 bits per heavy atom. The summed E-state index contributed by atoms with van der Waals surface area (Å²) in [5.41, 5.74) is -12.0. The van der Waals surface area contributed by atoms with Gasteiger partial charge in [0.05, 0.1) is 5.41 Å². The van der Waals surface area contributed by atoms with Crippen molar-refractivity contribution >= 4 is 29.8 Å². The van der Waals surface area contributed by atoms with Crippen LogP contribution in [0.25, 0.3) is 0 Å². The van der Waals surface area contributed by atoms with Crippen LogP contribution in [0.4, 0.5) is 0 Å². The number of cyclic esters (lactones) is 2. The molecule has 6 aliphatic rings. The van der Waals surface area contributed by atoms with Crippen LogP contribution < -0.4 is 0 Å². The molecule has 10 atom stereocenters. The van der Waals surface area contributed by atoms with Crippen LogP contribution in [0.3, 0.4) is 0 Å². The van der Waals surface area contributed by atoms with Crippen LogP contribution in [-0.4, -0.2) is 81.8 Å². The second-order valence-corrected chi connectivity index (χ2v) is 13.8. The maximum absolute atomic E-state index is 14.4. The number of rotatable bonds is 3. The zero-order chi connectivity index (χ0) is 32.8. The number of esters is 5. The maximum Gasteiger partial charge on any atom is 0.345 e. The van der Waals surface area contributed by atoms with E-state index in [0.717, 1.165) is 0 Å². The minimum absolute atomic E-state index is 0.0720. The molecule has 44 heavy (non-hydrogen) atoms. The van der Waals surface area contributed by atoms with Gasteiger partial charge in [-0.1, -0.05) is 26.2 Å². The molecule has 6 rings (SSSR count). The fourth-order valence-corrected chi connectivity index (χ4v) is 9.60. The normalized spacial score (nSPS) is 48.3. The van der Waals surface area contributed by atoms with Crippen molar-refractivity contribution in [3.63, 3.8) is 0 Å². The fourth-order valence-electron chi connectivity index (χ4n) is 9.60. The van der Waals surface area contributed by atoms with Crippen molar-refractivity contribution in [2.45, 2.75) is 115 Å². The number of aliphatic hydroxyl groups is 1. The molecule has 0 aromatic rings. The van der Waals surface area contributed by atoms with Gasteiger partial charge in [-0.3, -0.25) is 9.59 Å². The van der Waals surface area contributed by atoms with Crippen LogP contribution in [0.2, 0.25) is 0 Å². The summed E-state index contributed by atoms with van der Waals surface area (Å²) in [6, 6.07) is 0. The third-order valence-corrected chi connectivity index (χ3v) is 11.9. The number of hydrogen-bond donors (Lipinski definition) is 1. The van der Waals surface area contributed by atoms with Crippen LogP contribution in [0.5, 0.6) is 0 Å². The van der Waals surface area contributed by atoms with E-state index in [1.165, 1.54) is 20.8 Å². The molecule has 0 unspecified atom stereocenters. The average molecular weight is 615 g/mol. The largest absolute Gasteiger partial charge is 0.458 e. The fraction of sp³-hybridized carbons (Fsp3) is 0.656. The summed E-state index contributed by atoms with van der Waals surface area (Å²) in [7, 11) is 0. The number of aliphatic hydroxyl groups excluding tert-OH is 1. The summed E-state index contributed by atoms with van der Waals surface area (Å²) >= 11 is 0. The molecular weight excluding hydrogens is 576 g/mol. The second kappa shape index (κ2) is 8.39. The van der Waals surface area contributed by atoms with Gasteiger partial charge in [-0.15, -0.1) is 0 Å². The van der Waals surface area contributed by atoms with E-state index >= 15 is 0 Å². The third-order valence-electron chi connectivity index (χ3n) is 11.9. The minimum Gasteiger partial charge on any atom is -0.458 e. The van der Waals surface area contributed by atoms with Gasteiger partial charge in [0.1, 0.15) is 28.8 Å². The molecule has 2 saturated carbocycles. The maximum atomic E-state index is 14.4. The zero-order valence-electron chi connectivity index (χ0n) is 26.2. The Morgan fingerprint density at radius 3 is 2.18 bits per heavy atom. The van der Waals surface area contributed by atoms with Crippen molar-refractivity contribution < 1.29 is 57.5 Å². The summed E-state index contributed by atoms with van der Waals surface area (Å²) in [4.78, 5) is 67.8. The van der Waals surface area contributed by atoms with Crippen molar-refractivity contribution in [3.8, 4) is 0 Å². The van der Waals surface area contributed by atoms with E-state index < -0.39 is 92.9 Å². The van der Waals surface area contributed by atoms with Gasteiger partial charge in [0.2, 0.25) is 5.60 Å². The van der Waals surface area contributed by atoms with Crippen molar-refractivity contribution in [3.05, 3.63) is 36.0 Å². The molecule has 12 heteroatoms. The Bertz CT molecular complexity index is 1520. The molecule has 4 saturated heterocycles. The van der Waals surface area contributed by atoms with E-state index in [4.69, 9.17) is 28.4 Å². The van der Waals surface area contributed by atoms with Crippen LogP contribution in [0.1, 0.15) is 68.2 Å². The van der Waals surface area contributed by atoms with Gasteiger partial charge in [0, 0.05) is 17.9 Å². The highest BCUT2D eigenvalue weighted by atomic mass is 16.7. The summed E-state index contributed by atoms with van der Waals surface area (Å²) in [6.45, 7) is 21.1. The van der Waals surface area contributed by atoms with Gasteiger partial charge in [-0.05, 0) is 65.5 Å². The number of fused-ring (bicyclic) bond motifs is 1. The Balaban J connectivity index is 1.77. The Hall–Kier alpha value is -3.51. The summed E-state index contributed by atoms with van der Waals surface area (Å²) in [5, 5.41) is 10.9. The SMILES string of the molecule is C=C1[C@@]23C(=O)O[C@H](C)[C@]24O[C@@]2(C(=C)[C@]5(C[C@H](O)C(=O)OC5(C)C)C[C@@H](OC(=O)/C(C)=C/C)[C@]32C)[C@H](OC(C)=O)[C@@]1(C)OC4=O. The monoisotopic (exact) mass is 614 g/mol. The van der Waals surface area contributed by atoms with Crippen LogP contribution in [-0.2, 0) is 52.4 Å². The molecule has 2 aliphatic carbocycles. The van der Waals surface area contributed by atoms with Crippen molar-refractivity contribution in [2.75, 3.05) is 0 Å². The van der Waals surface area contributed by atoms with Crippen molar-refractivity contribution in [2.24, 2.45) is 16.2 Å². The van der Waals surface area contributed by atoms with E-state index in [2.05, 4.69) is 13.2 Å². The number of carbonyl (C=O) groups is 5. The molecule has 3 bridgehead atoms. The van der Waals surface area contributed by atoms with Gasteiger partial charge in [-0.2, -0.15) is 0 Å². The lowest BCUT2D eigenvalue weighted by Crippen LogP contribution is -2.83. The summed E-state index contributed by atoms with van der Waals surface area (Å²) in [5.74, 6) is -4.09. The average Bonchev–Trinajstić information content (AvgIpc) is 3.24. The lowest BCUT2D eigenvalue weighted by molar-refractivity contribution is -0.276. The van der Waals surface area contributed by atoms with Gasteiger partial charge < -0.3 is 33.5 Å². The lowest BCUT2D eigenvalue weighted by Gasteiger charge is -2.70. The Labute approximate surface area is 254 Å². The smallest absolute Gasteiger partial charge is 0.345 e. The summed E-state index contributed by atoms with van der Waals surface area (Å²) < 4.78 is 37.0. The number of allylic oxidation sites excluding steroid dienone is 1. The molecule has 0 aromatic heterocycles. The zero-order valence-corrected chi connectivity index (χ0v) is 26.2. The molecule has 0 aromatic carbocycles. The molecule has 0 radical (unpaired) electrons. The number of ether oxygens (including phenoxy) is 6. The molecule has 4 heterocycles. The van der Waals surface area contributed by atoms with E-state index in [1.807, 2.05) is 0 Å². The van der Waals surface area contributed by atoms with Crippen LogP contribution in [0.15, 0.2) is 36.0 Å². The van der Waals surface area contributed by atoms with E-state index in [9.17, 15) is 29.1 Å². The first-order chi connectivity index (χ1) is 20.2. The summed E-state index contributed by atoms with van der Waals surface area (Å²) in [6.07, 6.45) is -4.37. The Morgan fingerprint density at radius 2 is 1.59 bits per heavy atom. The molecule has 6 fully saturated rings. The van der Waals surface area contributed by atoms with E-state index in [0.29, 0.717) is 0 Å². The second-order valence-electron chi connectivity index (χ2n) is 13.8. The molecule has 4 aliphatic heterocycles. The number of carbonyl (C=O) groups excluding carboxylic acids is 5. The highest BCUT2D eigenvalue weighted by Gasteiger charge is 3.01. The van der Waals surface area contributed by atoms with Crippen molar-refractivity contribution in [1.82, 2.24) is 0 Å². The highest BCUT2D eigenvalue weighted by molar-refractivity contribution is 6.03. The standard InChI is InChI=1S/C32H38O12/c1-11-14(2)21(35)41-20-13-29(12-19(34)22(36)42-26(29,7)8)16(4)31-23(40-18(6)33)27(9)15(3)30(28(20,31)10)24(37)39-17(5)32(30,44-31)25(38)43-27/h11,17,19-20,23,34H,3-4,12-13H2,1-2,5-10H3/b14-11+/t17-,19+,20-,23-,27+,28-,29+,30+,31+,32-/m1/s1. The quantitative estimate of drug-likeness (QED) is 0.214. The topological polar surface area (TPSA) is 161 Å². The van der Waals surface area contributed by atoms with Crippen LogP contribution >= 0.6 is 0 Å². The van der Waals surface area contributed by atoms with E-state index in [1.54, 1.807) is 40.7 Å². The molecular formula is C32H38O12. The van der Waals surface area contributed by atoms with Crippen molar-refractivity contribution in [1.29, 1.82) is 0 Å². The first-order valence-electron chi connectivity index (χ1n) is 14.7. The molecule has 1 N–H and O–H groups in total. The van der Waals surface area contributed by atoms with Crippen LogP contribution in [0, 0.1) is 16.2 Å². The molecule has 0 amide bonds. The Kier molecular flexibility index (Phi) is 5.82. The first kappa shape index (κ1) is 30.5. The van der Waals surface area contributed by atoms with Gasteiger partial charge >= 0.3 is 29.8 Å². The molecule has 12 nitrogen and oxygen atoms in total. The number of hydrogen-bond acceptors (Lipinski definition) is 12. The van der Waals surface area contributed by atoms with Gasteiger partial charge in [-0.25, -0.2) is 14.4 Å². The predicted molar refractivity (Wildman–Crippen MR) is 148 cm³/mol. The van der Waals surface area contributed by atoms with Gasteiger partial charge in [0.25, 0.3) is 0 Å². The van der Waals surface area contributed by atoms with Gasteiger partial charge in [0.15, 0.2) is 17.8 Å². The third kappa shape index (κ3) is 2.74. The first-order valence-corrected chi connectivity index (χ1v) is 14.7. The predicted octanol–water partition coefficient (Wildman–Crippen LogP) is 2.16. The van der Waals surface area contributed by atoms with E-state index in [-0.39, 0.29) is 29.6 Å². The lowest BCUT2D eigenvalue weighted by atomic mass is 9.34. The highest BCUT2D eigenvalue weighted by Crippen LogP contribution is 2.85. The molecule has 2 spiro atoms.